The van der Waals surface area contributed by atoms with Crippen molar-refractivity contribution in [2.24, 2.45) is 5.73 Å². The summed E-state index contributed by atoms with van der Waals surface area (Å²) in [6.07, 6.45) is 12.0. The molecule has 0 saturated carbocycles. The Balaban J connectivity index is 3.89. The monoisotopic (exact) mass is 330 g/mol. The van der Waals surface area contributed by atoms with Crippen molar-refractivity contribution in [2.45, 2.75) is 96.7 Å². The summed E-state index contributed by atoms with van der Waals surface area (Å²) in [5.41, 5.74) is 5.67. The lowest BCUT2D eigenvalue weighted by Gasteiger charge is -2.27. The van der Waals surface area contributed by atoms with Gasteiger partial charge in [0.25, 0.3) is 0 Å². The Hall–Kier alpha value is -0.160. The van der Waals surface area contributed by atoms with E-state index in [1.54, 1.807) is 0 Å². The van der Waals surface area contributed by atoms with Gasteiger partial charge in [-0.25, -0.2) is 0 Å². The van der Waals surface area contributed by atoms with Crippen LogP contribution >= 0.6 is 0 Å². The summed E-state index contributed by atoms with van der Waals surface area (Å²) in [5.74, 6) is 0. The highest BCUT2D eigenvalue weighted by Crippen LogP contribution is 2.10. The summed E-state index contributed by atoms with van der Waals surface area (Å²) in [7, 11) is 0. The van der Waals surface area contributed by atoms with Crippen LogP contribution in [-0.2, 0) is 0 Å². The maximum atomic E-state index is 10.2. The Kier molecular flexibility index (Phi) is 16.6. The van der Waals surface area contributed by atoms with Crippen LogP contribution < -0.4 is 5.73 Å². The molecule has 0 aliphatic heterocycles. The van der Waals surface area contributed by atoms with Gasteiger partial charge in [-0.05, 0) is 12.8 Å². The average Bonchev–Trinajstić information content (AvgIpc) is 2.51. The molecule has 0 bridgehead atoms. The molecule has 2 unspecified atom stereocenters. The molecule has 4 nitrogen and oxygen atoms in total. The van der Waals surface area contributed by atoms with Gasteiger partial charge < -0.3 is 15.9 Å². The first-order valence-corrected chi connectivity index (χ1v) is 9.92. The second-order valence-corrected chi connectivity index (χ2v) is 6.91. The molecule has 4 heteroatoms. The van der Waals surface area contributed by atoms with Crippen LogP contribution in [0.4, 0.5) is 0 Å². The zero-order chi connectivity index (χ0) is 17.3. The van der Waals surface area contributed by atoms with Crippen molar-refractivity contribution in [3.05, 3.63) is 0 Å². The molecule has 0 aliphatic rings. The molecule has 0 fully saturated rings. The Labute approximate surface area is 144 Å². The maximum absolute atomic E-state index is 10.2. The van der Waals surface area contributed by atoms with E-state index in [-0.39, 0.29) is 12.2 Å². The van der Waals surface area contributed by atoms with Gasteiger partial charge in [0.15, 0.2) is 0 Å². The molecule has 0 aromatic rings. The SMILES string of the molecule is CCCCCCCC(O)CN(CCN)CC(O)CCCCCC. The minimum Gasteiger partial charge on any atom is -0.392 e. The van der Waals surface area contributed by atoms with Gasteiger partial charge in [-0.1, -0.05) is 71.6 Å². The molecule has 0 aromatic carbocycles. The van der Waals surface area contributed by atoms with Crippen molar-refractivity contribution in [2.75, 3.05) is 26.2 Å². The molecule has 4 N–H and O–H groups in total. The molecule has 0 heterocycles. The number of unbranched alkanes of at least 4 members (excludes halogenated alkanes) is 7. The number of hydrogen-bond donors (Lipinski definition) is 3. The van der Waals surface area contributed by atoms with Crippen LogP contribution in [0.2, 0.25) is 0 Å². The molecule has 0 saturated heterocycles. The van der Waals surface area contributed by atoms with Gasteiger partial charge in [0.2, 0.25) is 0 Å². The number of nitrogens with zero attached hydrogens (tertiary/aromatic N) is 1. The van der Waals surface area contributed by atoms with E-state index in [0.717, 1.165) is 32.2 Å². The minimum atomic E-state index is -0.296. The quantitative estimate of drug-likeness (QED) is 0.358. The normalized spacial score (nSPS) is 14.3. The summed E-state index contributed by atoms with van der Waals surface area (Å²) in [5, 5.41) is 20.4. The molecule has 140 valence electrons. The third kappa shape index (κ3) is 15.1. The molecule has 0 radical (unpaired) electrons. The lowest BCUT2D eigenvalue weighted by Crippen LogP contribution is -2.40. The molecule has 0 spiro atoms. The Morgan fingerprint density at radius 3 is 1.61 bits per heavy atom. The molecule has 0 aliphatic carbocycles. The zero-order valence-electron chi connectivity index (χ0n) is 15.7. The minimum absolute atomic E-state index is 0.296. The van der Waals surface area contributed by atoms with Gasteiger partial charge in [-0.2, -0.15) is 0 Å². The predicted molar refractivity (Wildman–Crippen MR) is 99.6 cm³/mol. The van der Waals surface area contributed by atoms with Gasteiger partial charge in [-0.15, -0.1) is 0 Å². The summed E-state index contributed by atoms with van der Waals surface area (Å²) in [6.45, 7) is 7.01. The summed E-state index contributed by atoms with van der Waals surface area (Å²) < 4.78 is 0. The van der Waals surface area contributed by atoms with Crippen LogP contribution in [0.25, 0.3) is 0 Å². The van der Waals surface area contributed by atoms with Crippen molar-refractivity contribution < 1.29 is 10.2 Å². The van der Waals surface area contributed by atoms with E-state index in [1.165, 1.54) is 44.9 Å². The second kappa shape index (κ2) is 16.7. The van der Waals surface area contributed by atoms with Crippen LogP contribution in [0.1, 0.15) is 84.5 Å². The molecule has 0 amide bonds. The first kappa shape index (κ1) is 22.8. The van der Waals surface area contributed by atoms with Crippen molar-refractivity contribution in [3.63, 3.8) is 0 Å². The molecule has 2 atom stereocenters. The lowest BCUT2D eigenvalue weighted by molar-refractivity contribution is 0.0621. The number of rotatable bonds is 17. The van der Waals surface area contributed by atoms with E-state index >= 15 is 0 Å². The Morgan fingerprint density at radius 2 is 1.17 bits per heavy atom. The zero-order valence-corrected chi connectivity index (χ0v) is 15.7. The predicted octanol–water partition coefficient (Wildman–Crippen LogP) is 3.30. The fraction of sp³-hybridized carbons (Fsp3) is 1.00. The smallest absolute Gasteiger partial charge is 0.0667 e. The topological polar surface area (TPSA) is 69.7 Å². The van der Waals surface area contributed by atoms with Crippen molar-refractivity contribution >= 4 is 0 Å². The summed E-state index contributed by atoms with van der Waals surface area (Å²) in [6, 6.07) is 0. The standard InChI is InChI=1S/C19H42N2O2/c1-3-5-7-9-11-13-19(23)17-21(15-14-20)16-18(22)12-10-8-6-4-2/h18-19,22-23H,3-17,20H2,1-2H3. The molecule has 23 heavy (non-hydrogen) atoms. The lowest BCUT2D eigenvalue weighted by atomic mass is 10.1. The summed E-state index contributed by atoms with van der Waals surface area (Å²) >= 11 is 0. The Morgan fingerprint density at radius 1 is 0.739 bits per heavy atom. The van der Waals surface area contributed by atoms with Crippen LogP contribution in [0.15, 0.2) is 0 Å². The number of nitrogens with two attached hydrogens (primary N) is 1. The second-order valence-electron chi connectivity index (χ2n) is 6.91. The van der Waals surface area contributed by atoms with Crippen molar-refractivity contribution in [3.8, 4) is 0 Å². The van der Waals surface area contributed by atoms with Gasteiger partial charge in [-0.3, -0.25) is 4.90 Å². The van der Waals surface area contributed by atoms with Crippen LogP contribution in [0.5, 0.6) is 0 Å². The fourth-order valence-corrected chi connectivity index (χ4v) is 3.01. The van der Waals surface area contributed by atoms with Gasteiger partial charge >= 0.3 is 0 Å². The van der Waals surface area contributed by atoms with Crippen LogP contribution in [0, 0.1) is 0 Å². The van der Waals surface area contributed by atoms with Crippen molar-refractivity contribution in [1.29, 1.82) is 0 Å². The highest BCUT2D eigenvalue weighted by Gasteiger charge is 2.15. The number of aliphatic hydroxyl groups excluding tert-OH is 2. The van der Waals surface area contributed by atoms with Crippen molar-refractivity contribution in [1.82, 2.24) is 4.90 Å². The van der Waals surface area contributed by atoms with Gasteiger partial charge in [0, 0.05) is 26.2 Å². The van der Waals surface area contributed by atoms with E-state index in [4.69, 9.17) is 5.73 Å². The summed E-state index contributed by atoms with van der Waals surface area (Å²) in [4.78, 5) is 2.13. The molecule has 0 aromatic heterocycles. The number of aliphatic hydroxyl groups is 2. The van der Waals surface area contributed by atoms with E-state index in [9.17, 15) is 10.2 Å². The third-order valence-corrected chi connectivity index (χ3v) is 4.42. The maximum Gasteiger partial charge on any atom is 0.0667 e. The van der Waals surface area contributed by atoms with Crippen LogP contribution in [0.3, 0.4) is 0 Å². The largest absolute Gasteiger partial charge is 0.392 e. The van der Waals surface area contributed by atoms with Gasteiger partial charge in [0.05, 0.1) is 12.2 Å². The fourth-order valence-electron chi connectivity index (χ4n) is 3.01. The number of hydrogen-bond acceptors (Lipinski definition) is 4. The first-order chi connectivity index (χ1) is 11.1. The van der Waals surface area contributed by atoms with E-state index in [2.05, 4.69) is 18.7 Å². The van der Waals surface area contributed by atoms with E-state index in [1.807, 2.05) is 0 Å². The molecular formula is C19H42N2O2. The molecular weight excluding hydrogens is 288 g/mol. The third-order valence-electron chi connectivity index (χ3n) is 4.42. The van der Waals surface area contributed by atoms with Gasteiger partial charge in [0.1, 0.15) is 0 Å². The highest BCUT2D eigenvalue weighted by molar-refractivity contribution is 4.70. The Bertz CT molecular complexity index is 239. The average molecular weight is 331 g/mol. The van der Waals surface area contributed by atoms with E-state index in [0.29, 0.717) is 19.6 Å². The van der Waals surface area contributed by atoms with E-state index < -0.39 is 0 Å². The first-order valence-electron chi connectivity index (χ1n) is 9.92. The molecule has 0 rings (SSSR count). The van der Waals surface area contributed by atoms with Crippen LogP contribution in [-0.4, -0.2) is 53.5 Å². The highest BCUT2D eigenvalue weighted by atomic mass is 16.3.